The molecular formula is C13H12ClFN2O4S2. The fourth-order valence-corrected chi connectivity index (χ4v) is 3.83. The molecule has 6 nitrogen and oxygen atoms in total. The maximum absolute atomic E-state index is 13.4. The Balaban J connectivity index is 1.95. The van der Waals surface area contributed by atoms with E-state index in [1.165, 1.54) is 37.3 Å². The van der Waals surface area contributed by atoms with Crippen molar-refractivity contribution >= 4 is 38.9 Å². The summed E-state index contributed by atoms with van der Waals surface area (Å²) in [4.78, 5) is 13.8. The van der Waals surface area contributed by atoms with E-state index in [9.17, 15) is 17.6 Å². The van der Waals surface area contributed by atoms with Gasteiger partial charge in [0.1, 0.15) is 4.21 Å². The first-order valence-electron chi connectivity index (χ1n) is 6.28. The first-order chi connectivity index (χ1) is 10.8. The van der Waals surface area contributed by atoms with Crippen LogP contribution in [0.2, 0.25) is 4.34 Å². The molecule has 0 aliphatic heterocycles. The molecular weight excluding hydrogens is 367 g/mol. The molecule has 0 saturated carbocycles. The highest BCUT2D eigenvalue weighted by molar-refractivity contribution is 7.91. The largest absolute Gasteiger partial charge is 0.478 e. The molecule has 0 aliphatic rings. The normalized spacial score (nSPS) is 12.7. The van der Waals surface area contributed by atoms with Crippen LogP contribution in [0.4, 0.5) is 4.39 Å². The Kier molecular flexibility index (Phi) is 5.58. The fourth-order valence-electron chi connectivity index (χ4n) is 1.50. The number of ether oxygens (including phenoxy) is 1. The molecule has 0 fully saturated rings. The number of hydrogen-bond donors (Lipinski definition) is 2. The van der Waals surface area contributed by atoms with Crippen LogP contribution in [0.25, 0.3) is 0 Å². The summed E-state index contributed by atoms with van der Waals surface area (Å²) in [6.45, 7) is 1.36. The zero-order valence-corrected chi connectivity index (χ0v) is 14.1. The molecule has 1 heterocycles. The number of thiophene rings is 1. The van der Waals surface area contributed by atoms with Crippen LogP contribution in [0.3, 0.4) is 0 Å². The molecule has 1 amide bonds. The Morgan fingerprint density at radius 1 is 1.30 bits per heavy atom. The number of para-hydroxylation sites is 1. The molecule has 0 spiro atoms. The Bertz CT molecular complexity index is 810. The number of amides is 1. The predicted octanol–water partition coefficient (Wildman–Crippen LogP) is 2.32. The number of carbonyl (C=O) groups is 1. The highest BCUT2D eigenvalue weighted by Crippen LogP contribution is 2.25. The van der Waals surface area contributed by atoms with Gasteiger partial charge in [-0.1, -0.05) is 23.7 Å². The van der Waals surface area contributed by atoms with Crippen LogP contribution in [-0.4, -0.2) is 20.4 Å². The van der Waals surface area contributed by atoms with Gasteiger partial charge in [-0.3, -0.25) is 10.2 Å². The SMILES string of the molecule is C[C@H](Oc1ccccc1F)C(=O)NNS(=O)(=O)c1ccc(Cl)s1. The molecule has 1 atom stereocenters. The van der Waals surface area contributed by atoms with E-state index in [-0.39, 0.29) is 9.96 Å². The number of sulfonamides is 1. The van der Waals surface area contributed by atoms with Crippen molar-refractivity contribution in [1.29, 1.82) is 0 Å². The fraction of sp³-hybridized carbons (Fsp3) is 0.154. The van der Waals surface area contributed by atoms with E-state index in [4.69, 9.17) is 16.3 Å². The van der Waals surface area contributed by atoms with Gasteiger partial charge in [-0.25, -0.2) is 12.8 Å². The van der Waals surface area contributed by atoms with Crippen molar-refractivity contribution in [2.45, 2.75) is 17.2 Å². The van der Waals surface area contributed by atoms with Crippen molar-refractivity contribution in [3.8, 4) is 5.75 Å². The number of hydrazine groups is 1. The molecule has 2 rings (SSSR count). The lowest BCUT2D eigenvalue weighted by molar-refractivity contribution is -0.127. The van der Waals surface area contributed by atoms with Gasteiger partial charge in [0.05, 0.1) is 4.34 Å². The Morgan fingerprint density at radius 2 is 2.00 bits per heavy atom. The summed E-state index contributed by atoms with van der Waals surface area (Å²) in [6.07, 6.45) is -1.11. The molecule has 1 aromatic carbocycles. The number of nitrogens with one attached hydrogen (secondary N) is 2. The predicted molar refractivity (Wildman–Crippen MR) is 84.3 cm³/mol. The van der Waals surface area contributed by atoms with Gasteiger partial charge in [0.25, 0.3) is 15.9 Å². The van der Waals surface area contributed by atoms with Crippen molar-refractivity contribution in [3.63, 3.8) is 0 Å². The zero-order valence-electron chi connectivity index (χ0n) is 11.7. The summed E-state index contributed by atoms with van der Waals surface area (Å²) in [5.41, 5.74) is 2.01. The molecule has 0 radical (unpaired) electrons. The van der Waals surface area contributed by atoms with E-state index in [0.717, 1.165) is 11.3 Å². The standard InChI is InChI=1S/C13H12ClFN2O4S2/c1-8(21-10-5-3-2-4-9(10)15)13(18)16-17-23(19,20)12-7-6-11(14)22-12/h2-8,17H,1H3,(H,16,18)/t8-/m0/s1. The maximum atomic E-state index is 13.4. The van der Waals surface area contributed by atoms with Crippen molar-refractivity contribution in [3.05, 3.63) is 46.6 Å². The molecule has 2 N–H and O–H groups in total. The lowest BCUT2D eigenvalue weighted by Crippen LogP contribution is -2.46. The quantitative estimate of drug-likeness (QED) is 0.755. The van der Waals surface area contributed by atoms with Crippen LogP contribution in [0.15, 0.2) is 40.6 Å². The van der Waals surface area contributed by atoms with E-state index < -0.39 is 27.9 Å². The van der Waals surface area contributed by atoms with Gasteiger partial charge in [0.15, 0.2) is 17.7 Å². The van der Waals surface area contributed by atoms with Crippen molar-refractivity contribution < 1.29 is 22.3 Å². The molecule has 2 aromatic rings. The van der Waals surface area contributed by atoms with Crippen LogP contribution in [0.1, 0.15) is 6.92 Å². The molecule has 0 unspecified atom stereocenters. The van der Waals surface area contributed by atoms with Crippen molar-refractivity contribution in [2.24, 2.45) is 0 Å². The van der Waals surface area contributed by atoms with E-state index in [0.29, 0.717) is 4.34 Å². The van der Waals surface area contributed by atoms with Crippen molar-refractivity contribution in [1.82, 2.24) is 10.3 Å². The molecule has 10 heteroatoms. The Labute approximate surface area is 141 Å². The van der Waals surface area contributed by atoms with Gasteiger partial charge in [-0.05, 0) is 31.2 Å². The van der Waals surface area contributed by atoms with Gasteiger partial charge in [-0.15, -0.1) is 16.2 Å². The molecule has 0 aliphatic carbocycles. The van der Waals surface area contributed by atoms with E-state index in [2.05, 4.69) is 0 Å². The lowest BCUT2D eigenvalue weighted by Gasteiger charge is -2.15. The van der Waals surface area contributed by atoms with Crippen LogP contribution in [0, 0.1) is 5.82 Å². The molecule has 124 valence electrons. The van der Waals surface area contributed by atoms with E-state index in [1.54, 1.807) is 6.07 Å². The summed E-state index contributed by atoms with van der Waals surface area (Å²) in [7, 11) is -3.93. The summed E-state index contributed by atoms with van der Waals surface area (Å²) in [5, 5.41) is 0. The maximum Gasteiger partial charge on any atom is 0.275 e. The summed E-state index contributed by atoms with van der Waals surface area (Å²) >= 11 is 6.51. The summed E-state index contributed by atoms with van der Waals surface area (Å²) < 4.78 is 42.6. The second-order valence-electron chi connectivity index (χ2n) is 4.34. The van der Waals surface area contributed by atoms with Crippen molar-refractivity contribution in [2.75, 3.05) is 0 Å². The highest BCUT2D eigenvalue weighted by atomic mass is 35.5. The average Bonchev–Trinajstić information content (AvgIpc) is 2.94. The van der Waals surface area contributed by atoms with Gasteiger partial charge < -0.3 is 4.74 Å². The number of rotatable bonds is 6. The smallest absolute Gasteiger partial charge is 0.275 e. The van der Waals surface area contributed by atoms with Gasteiger partial charge in [0.2, 0.25) is 0 Å². The van der Waals surface area contributed by atoms with E-state index >= 15 is 0 Å². The third kappa shape index (κ3) is 4.64. The Morgan fingerprint density at radius 3 is 2.61 bits per heavy atom. The zero-order chi connectivity index (χ0) is 17.0. The van der Waals surface area contributed by atoms with Crippen LogP contribution < -0.4 is 15.0 Å². The van der Waals surface area contributed by atoms with Gasteiger partial charge in [-0.2, -0.15) is 0 Å². The topological polar surface area (TPSA) is 84.5 Å². The van der Waals surface area contributed by atoms with Crippen LogP contribution in [0.5, 0.6) is 5.75 Å². The summed E-state index contributed by atoms with van der Waals surface area (Å²) in [6, 6.07) is 8.30. The van der Waals surface area contributed by atoms with Crippen LogP contribution in [-0.2, 0) is 14.8 Å². The minimum atomic E-state index is -3.93. The first-order valence-corrected chi connectivity index (χ1v) is 8.95. The molecule has 0 saturated heterocycles. The van der Waals surface area contributed by atoms with Gasteiger partial charge >= 0.3 is 0 Å². The third-order valence-corrected chi connectivity index (χ3v) is 5.60. The molecule has 1 aromatic heterocycles. The molecule has 23 heavy (non-hydrogen) atoms. The second kappa shape index (κ2) is 7.26. The van der Waals surface area contributed by atoms with Crippen LogP contribution >= 0.6 is 22.9 Å². The second-order valence-corrected chi connectivity index (χ2v) is 7.97. The minimum Gasteiger partial charge on any atom is -0.478 e. The monoisotopic (exact) mass is 378 g/mol. The molecule has 0 bridgehead atoms. The first kappa shape index (κ1) is 17.7. The number of halogens is 2. The Hall–Kier alpha value is -1.68. The minimum absolute atomic E-state index is 0.0505. The third-order valence-electron chi connectivity index (χ3n) is 2.63. The van der Waals surface area contributed by atoms with E-state index in [1.807, 2.05) is 10.3 Å². The number of carbonyl (C=O) groups excluding carboxylic acids is 1. The van der Waals surface area contributed by atoms with Gasteiger partial charge in [0, 0.05) is 0 Å². The number of hydrogen-bond acceptors (Lipinski definition) is 5. The average molecular weight is 379 g/mol. The summed E-state index contributed by atoms with van der Waals surface area (Å²) in [5.74, 6) is -1.51. The lowest BCUT2D eigenvalue weighted by atomic mass is 10.3. The highest BCUT2D eigenvalue weighted by Gasteiger charge is 2.21. The number of benzene rings is 1.